The molecule has 0 radical (unpaired) electrons. The summed E-state index contributed by atoms with van der Waals surface area (Å²) in [5.41, 5.74) is 2.10. The Kier molecular flexibility index (Phi) is 5.38. The summed E-state index contributed by atoms with van der Waals surface area (Å²) in [6, 6.07) is 24.6. The smallest absolute Gasteiger partial charge is 0.293 e. The number of furan rings is 1. The maximum Gasteiger partial charge on any atom is 0.293 e. The van der Waals surface area contributed by atoms with Gasteiger partial charge in [-0.25, -0.2) is 0 Å². The molecule has 8 heteroatoms. The minimum absolute atomic E-state index is 0.0359. The van der Waals surface area contributed by atoms with Crippen LogP contribution in [0.5, 0.6) is 0 Å². The number of nitrogens with zero attached hydrogens (tertiary/aromatic N) is 1. The molecule has 5 rings (SSSR count). The van der Waals surface area contributed by atoms with E-state index < -0.39 is 11.8 Å². The first kappa shape index (κ1) is 20.5. The molecule has 0 unspecified atom stereocenters. The molecule has 0 saturated heterocycles. The van der Waals surface area contributed by atoms with Crippen molar-refractivity contribution in [2.24, 2.45) is 0 Å². The van der Waals surface area contributed by atoms with Crippen molar-refractivity contribution in [1.29, 1.82) is 0 Å². The Hall–Kier alpha value is -4.36. The number of amides is 2. The van der Waals surface area contributed by atoms with Gasteiger partial charge in [-0.2, -0.15) is 0 Å². The Labute approximate surface area is 192 Å². The predicted octanol–water partition coefficient (Wildman–Crippen LogP) is 6.25. The van der Waals surface area contributed by atoms with Crippen LogP contribution < -0.4 is 10.6 Å². The number of hydrogen-bond acceptors (Lipinski definition) is 5. The summed E-state index contributed by atoms with van der Waals surface area (Å²) in [5, 5.41) is 10.5. The van der Waals surface area contributed by atoms with Crippen molar-refractivity contribution in [2.75, 3.05) is 10.6 Å². The van der Waals surface area contributed by atoms with Crippen molar-refractivity contribution in [3.05, 3.63) is 101 Å². The van der Waals surface area contributed by atoms with Crippen molar-refractivity contribution >= 4 is 45.8 Å². The van der Waals surface area contributed by atoms with Crippen LogP contribution >= 0.6 is 11.6 Å². The van der Waals surface area contributed by atoms with E-state index in [0.717, 1.165) is 5.56 Å². The summed E-state index contributed by atoms with van der Waals surface area (Å²) in [6.07, 6.45) is 0. The van der Waals surface area contributed by atoms with Crippen molar-refractivity contribution in [3.63, 3.8) is 0 Å². The predicted molar refractivity (Wildman–Crippen MR) is 126 cm³/mol. The zero-order valence-corrected chi connectivity index (χ0v) is 17.8. The first-order valence-electron chi connectivity index (χ1n) is 10.0. The van der Waals surface area contributed by atoms with Gasteiger partial charge in [-0.1, -0.05) is 59.2 Å². The van der Waals surface area contributed by atoms with E-state index in [0.29, 0.717) is 27.4 Å². The van der Waals surface area contributed by atoms with Crippen LogP contribution in [0.1, 0.15) is 21.0 Å². The molecular formula is C25H16ClN3O4. The molecule has 3 aromatic carbocycles. The molecule has 0 saturated carbocycles. The fourth-order valence-electron chi connectivity index (χ4n) is 3.35. The minimum atomic E-state index is -0.534. The first-order valence-corrected chi connectivity index (χ1v) is 10.4. The summed E-state index contributed by atoms with van der Waals surface area (Å²) < 4.78 is 11.1. The van der Waals surface area contributed by atoms with E-state index >= 15 is 0 Å². The molecule has 0 aliphatic heterocycles. The highest BCUT2D eigenvalue weighted by Gasteiger charge is 2.24. The average molecular weight is 458 g/mol. The number of carbonyl (C=O) groups excluding carboxylic acids is 2. The van der Waals surface area contributed by atoms with Gasteiger partial charge in [-0.15, -0.1) is 0 Å². The Morgan fingerprint density at radius 2 is 1.55 bits per heavy atom. The Morgan fingerprint density at radius 1 is 0.818 bits per heavy atom. The second-order valence-corrected chi connectivity index (χ2v) is 7.60. The van der Waals surface area contributed by atoms with E-state index in [-0.39, 0.29) is 17.1 Å². The number of para-hydroxylation sites is 1. The molecule has 0 aliphatic rings. The van der Waals surface area contributed by atoms with Gasteiger partial charge in [0.2, 0.25) is 5.76 Å². The number of benzene rings is 3. The molecule has 2 amide bonds. The largest absolute Gasteiger partial charge is 0.449 e. The normalized spacial score (nSPS) is 10.8. The molecule has 0 spiro atoms. The van der Waals surface area contributed by atoms with Crippen molar-refractivity contribution in [2.45, 2.75) is 0 Å². The summed E-state index contributed by atoms with van der Waals surface area (Å²) in [5.74, 6) is -0.633. The summed E-state index contributed by atoms with van der Waals surface area (Å²) in [7, 11) is 0. The molecule has 0 fully saturated rings. The van der Waals surface area contributed by atoms with Crippen molar-refractivity contribution in [1.82, 2.24) is 5.16 Å². The minimum Gasteiger partial charge on any atom is -0.449 e. The summed E-state index contributed by atoms with van der Waals surface area (Å²) in [4.78, 5) is 25.9. The molecule has 0 aliphatic carbocycles. The topological polar surface area (TPSA) is 97.4 Å². The van der Waals surface area contributed by atoms with Crippen LogP contribution in [0.3, 0.4) is 0 Å². The molecule has 5 aromatic rings. The van der Waals surface area contributed by atoms with E-state index in [2.05, 4.69) is 15.8 Å². The maximum absolute atomic E-state index is 13.0. The molecule has 162 valence electrons. The quantitative estimate of drug-likeness (QED) is 0.325. The van der Waals surface area contributed by atoms with Crippen LogP contribution in [0.25, 0.3) is 22.3 Å². The van der Waals surface area contributed by atoms with Gasteiger partial charge >= 0.3 is 0 Å². The zero-order valence-electron chi connectivity index (χ0n) is 17.0. The van der Waals surface area contributed by atoms with Gasteiger partial charge in [0, 0.05) is 27.7 Å². The average Bonchev–Trinajstić information content (AvgIpc) is 3.47. The second kappa shape index (κ2) is 8.64. The number of fused-ring (bicyclic) bond motifs is 1. The van der Waals surface area contributed by atoms with Gasteiger partial charge in [-0.05, 0) is 36.4 Å². The summed E-state index contributed by atoms with van der Waals surface area (Å²) >= 11 is 5.91. The van der Waals surface area contributed by atoms with Crippen molar-refractivity contribution < 1.29 is 18.5 Å². The number of nitrogens with one attached hydrogen (secondary N) is 2. The van der Waals surface area contributed by atoms with E-state index in [4.69, 9.17) is 20.5 Å². The van der Waals surface area contributed by atoms with Gasteiger partial charge in [0.05, 0.1) is 0 Å². The Bertz CT molecular complexity index is 1460. The lowest BCUT2D eigenvalue weighted by Crippen LogP contribution is -2.17. The fourth-order valence-corrected chi connectivity index (χ4v) is 3.47. The monoisotopic (exact) mass is 457 g/mol. The highest BCUT2D eigenvalue weighted by atomic mass is 35.5. The number of hydrogen-bond donors (Lipinski definition) is 2. The van der Waals surface area contributed by atoms with E-state index in [1.165, 1.54) is 0 Å². The van der Waals surface area contributed by atoms with Gasteiger partial charge in [0.15, 0.2) is 11.5 Å². The highest BCUT2D eigenvalue weighted by Crippen LogP contribution is 2.32. The molecule has 2 aromatic heterocycles. The Morgan fingerprint density at radius 3 is 2.33 bits per heavy atom. The second-order valence-electron chi connectivity index (χ2n) is 7.16. The van der Waals surface area contributed by atoms with Crippen LogP contribution in [0.15, 0.2) is 93.9 Å². The fraction of sp³-hybridized carbons (Fsp3) is 0. The van der Waals surface area contributed by atoms with Gasteiger partial charge < -0.3 is 19.6 Å². The number of rotatable bonds is 5. The van der Waals surface area contributed by atoms with E-state index in [9.17, 15) is 9.59 Å². The molecule has 33 heavy (non-hydrogen) atoms. The molecule has 7 nitrogen and oxygen atoms in total. The van der Waals surface area contributed by atoms with Gasteiger partial charge in [0.1, 0.15) is 11.3 Å². The van der Waals surface area contributed by atoms with Gasteiger partial charge in [-0.3, -0.25) is 9.59 Å². The third-order valence-electron chi connectivity index (χ3n) is 4.94. The molecular weight excluding hydrogens is 442 g/mol. The lowest BCUT2D eigenvalue weighted by atomic mass is 10.1. The third kappa shape index (κ3) is 4.22. The van der Waals surface area contributed by atoms with Crippen LogP contribution in [0, 0.1) is 0 Å². The van der Waals surface area contributed by atoms with Crippen LogP contribution in [-0.4, -0.2) is 17.0 Å². The summed E-state index contributed by atoms with van der Waals surface area (Å²) in [6.45, 7) is 0. The maximum atomic E-state index is 13.0. The molecule has 0 atom stereocenters. The molecule has 0 bridgehead atoms. The number of carbonyl (C=O) groups is 2. The van der Waals surface area contributed by atoms with Crippen molar-refractivity contribution in [3.8, 4) is 11.3 Å². The standard InChI is InChI=1S/C25H16ClN3O4/c26-16-10-12-17(13-11-16)27-25(31)23-22(18-8-4-5-9-20(18)32-23)28-24(30)19-14-21(33-29-19)15-6-2-1-3-7-15/h1-14H,(H,27,31)(H,28,30). The molecule has 2 heterocycles. The zero-order chi connectivity index (χ0) is 22.8. The Balaban J connectivity index is 1.45. The SMILES string of the molecule is O=C(Nc1c(C(=O)Nc2ccc(Cl)cc2)oc2ccccc12)c1cc(-c2ccccc2)on1. The number of anilines is 2. The van der Waals surface area contributed by atoms with E-state index in [1.54, 1.807) is 54.6 Å². The lowest BCUT2D eigenvalue weighted by molar-refractivity contribution is 0.0999. The third-order valence-corrected chi connectivity index (χ3v) is 5.20. The van der Waals surface area contributed by atoms with Crippen LogP contribution in [0.4, 0.5) is 11.4 Å². The number of halogens is 1. The van der Waals surface area contributed by atoms with E-state index in [1.807, 2.05) is 30.3 Å². The first-order chi connectivity index (χ1) is 16.1. The highest BCUT2D eigenvalue weighted by molar-refractivity contribution is 6.30. The van der Waals surface area contributed by atoms with Crippen LogP contribution in [0.2, 0.25) is 5.02 Å². The number of aromatic nitrogens is 1. The van der Waals surface area contributed by atoms with Crippen LogP contribution in [-0.2, 0) is 0 Å². The lowest BCUT2D eigenvalue weighted by Gasteiger charge is -2.06. The molecule has 2 N–H and O–H groups in total. The van der Waals surface area contributed by atoms with Gasteiger partial charge in [0.25, 0.3) is 11.8 Å².